The molecule has 2 aromatic rings. The number of aromatic nitrogens is 1. The van der Waals surface area contributed by atoms with Crippen LogP contribution < -0.4 is 4.74 Å². The van der Waals surface area contributed by atoms with Gasteiger partial charge in [0.25, 0.3) is 5.70 Å². The number of aryl methyl sites for hydroxylation is 1. The lowest BCUT2D eigenvalue weighted by atomic mass is 9.86. The number of likely N-dealkylation sites (N-methyl/N-ethyl adjacent to an activating group) is 1. The molecule has 0 fully saturated rings. The molecule has 0 saturated carbocycles. The standard InChI is InChI=1S/C20H18ClF2N3O3/c1-10-8-24-14(7-13(10)21)18-12-6-15(19(18)26(27)28)25(2)9-11-4-3-5-16(17(11)12)29-20(22)23/h3-5,7-8,12,15,20H,6,9H2,1-2H3/t12-,15-/m1/s1/i2D3. The summed E-state index contributed by atoms with van der Waals surface area (Å²) in [5, 5.41) is 12.5. The molecule has 2 atom stereocenters. The van der Waals surface area contributed by atoms with Gasteiger partial charge >= 0.3 is 6.61 Å². The Morgan fingerprint density at radius 1 is 1.48 bits per heavy atom. The first-order valence-corrected chi connectivity index (χ1v) is 9.21. The van der Waals surface area contributed by atoms with Crippen molar-refractivity contribution in [1.29, 1.82) is 0 Å². The zero-order chi connectivity index (χ0) is 23.4. The number of hydrogen-bond donors (Lipinski definition) is 0. The molecule has 2 bridgehead atoms. The quantitative estimate of drug-likeness (QED) is 0.528. The number of nitro groups is 1. The molecule has 0 amide bonds. The Balaban J connectivity index is 2.03. The summed E-state index contributed by atoms with van der Waals surface area (Å²) in [6.07, 6.45) is 1.47. The lowest BCUT2D eigenvalue weighted by Crippen LogP contribution is -2.33. The highest BCUT2D eigenvalue weighted by molar-refractivity contribution is 6.31. The molecule has 2 heterocycles. The van der Waals surface area contributed by atoms with Crippen LogP contribution in [0.3, 0.4) is 0 Å². The normalized spacial score (nSPS) is 23.3. The molecule has 1 aromatic heterocycles. The van der Waals surface area contributed by atoms with E-state index in [4.69, 9.17) is 20.5 Å². The molecular formula is C20H18ClF2N3O3. The predicted molar refractivity (Wildman–Crippen MR) is 104 cm³/mol. The van der Waals surface area contributed by atoms with Gasteiger partial charge in [0, 0.05) is 33.4 Å². The number of nitrogens with zero attached hydrogens (tertiary/aromatic N) is 3. The van der Waals surface area contributed by atoms with Gasteiger partial charge in [-0.2, -0.15) is 8.78 Å². The van der Waals surface area contributed by atoms with E-state index in [1.807, 2.05) is 0 Å². The summed E-state index contributed by atoms with van der Waals surface area (Å²) in [4.78, 5) is 16.9. The first-order valence-electron chi connectivity index (χ1n) is 10.3. The van der Waals surface area contributed by atoms with Crippen molar-refractivity contribution >= 4 is 17.2 Å². The zero-order valence-corrected chi connectivity index (χ0v) is 16.0. The summed E-state index contributed by atoms with van der Waals surface area (Å²) >= 11 is 6.24. The monoisotopic (exact) mass is 424 g/mol. The lowest BCUT2D eigenvalue weighted by molar-refractivity contribution is -0.430. The van der Waals surface area contributed by atoms with Crippen molar-refractivity contribution in [3.8, 4) is 5.75 Å². The molecule has 1 aliphatic heterocycles. The van der Waals surface area contributed by atoms with Crippen LogP contribution in [0.25, 0.3) is 5.57 Å². The summed E-state index contributed by atoms with van der Waals surface area (Å²) in [6.45, 7) is -4.23. The third-order valence-electron chi connectivity index (χ3n) is 5.35. The van der Waals surface area contributed by atoms with Gasteiger partial charge in [-0.1, -0.05) is 23.7 Å². The zero-order valence-electron chi connectivity index (χ0n) is 18.2. The number of halogens is 3. The van der Waals surface area contributed by atoms with Gasteiger partial charge in [0.1, 0.15) is 11.8 Å². The minimum Gasteiger partial charge on any atom is -0.435 e. The molecule has 152 valence electrons. The Hall–Kier alpha value is -2.58. The van der Waals surface area contributed by atoms with Crippen molar-refractivity contribution < 1.29 is 22.6 Å². The molecule has 0 saturated heterocycles. The second kappa shape index (κ2) is 7.35. The topological polar surface area (TPSA) is 68.5 Å². The predicted octanol–water partition coefficient (Wildman–Crippen LogP) is 4.63. The maximum absolute atomic E-state index is 13.1. The molecule has 9 heteroatoms. The molecule has 29 heavy (non-hydrogen) atoms. The van der Waals surface area contributed by atoms with Crippen LogP contribution in [-0.4, -0.2) is 34.4 Å². The molecule has 2 aliphatic rings. The molecule has 1 aromatic carbocycles. The van der Waals surface area contributed by atoms with Gasteiger partial charge in [0.15, 0.2) is 0 Å². The van der Waals surface area contributed by atoms with E-state index in [2.05, 4.69) is 4.98 Å². The number of rotatable bonds is 4. The van der Waals surface area contributed by atoms with Crippen LogP contribution in [0.5, 0.6) is 5.75 Å². The van der Waals surface area contributed by atoms with Crippen LogP contribution >= 0.6 is 11.6 Å². The van der Waals surface area contributed by atoms with Crippen molar-refractivity contribution in [3.05, 3.63) is 73.7 Å². The molecule has 4 rings (SSSR count). The molecule has 0 N–H and O–H groups in total. The highest BCUT2D eigenvalue weighted by Gasteiger charge is 2.48. The first kappa shape index (κ1) is 16.2. The number of pyridine rings is 1. The van der Waals surface area contributed by atoms with Crippen LogP contribution in [0.1, 0.15) is 38.8 Å². The molecular weight excluding hydrogens is 404 g/mol. The van der Waals surface area contributed by atoms with Crippen LogP contribution in [0.2, 0.25) is 5.02 Å². The summed E-state index contributed by atoms with van der Waals surface area (Å²) in [7, 11) is 0. The third kappa shape index (κ3) is 3.36. The van der Waals surface area contributed by atoms with Crippen molar-refractivity contribution in [2.24, 2.45) is 0 Å². The average molecular weight is 425 g/mol. The average Bonchev–Trinajstić information content (AvgIpc) is 2.96. The van der Waals surface area contributed by atoms with E-state index in [-0.39, 0.29) is 35.7 Å². The molecule has 0 spiro atoms. The Kier molecular flexibility index (Phi) is 4.12. The second-order valence-electron chi connectivity index (χ2n) is 7.01. The van der Waals surface area contributed by atoms with Crippen molar-refractivity contribution in [1.82, 2.24) is 9.88 Å². The van der Waals surface area contributed by atoms with Gasteiger partial charge in [-0.05, 0) is 43.6 Å². The molecule has 1 aliphatic carbocycles. The van der Waals surface area contributed by atoms with Gasteiger partial charge in [0.05, 0.1) is 16.2 Å². The minimum atomic E-state index is -3.12. The van der Waals surface area contributed by atoms with E-state index in [1.54, 1.807) is 13.0 Å². The van der Waals surface area contributed by atoms with Crippen LogP contribution in [0.15, 0.2) is 36.2 Å². The lowest BCUT2D eigenvalue weighted by Gasteiger charge is -2.24. The highest BCUT2D eigenvalue weighted by Crippen LogP contribution is 2.52. The van der Waals surface area contributed by atoms with Crippen LogP contribution in [-0.2, 0) is 6.54 Å². The number of allylic oxidation sites excluding steroid dienone is 1. The Bertz CT molecular complexity index is 1130. The van der Waals surface area contributed by atoms with E-state index >= 15 is 0 Å². The summed E-state index contributed by atoms with van der Waals surface area (Å²) in [5.41, 5.74) is 1.44. The van der Waals surface area contributed by atoms with Crippen LogP contribution in [0.4, 0.5) is 8.78 Å². The Morgan fingerprint density at radius 2 is 2.28 bits per heavy atom. The number of alkyl halides is 2. The van der Waals surface area contributed by atoms with Crippen LogP contribution in [0, 0.1) is 17.0 Å². The Morgan fingerprint density at radius 3 is 2.93 bits per heavy atom. The van der Waals surface area contributed by atoms with Gasteiger partial charge in [0.2, 0.25) is 0 Å². The smallest absolute Gasteiger partial charge is 0.387 e. The SMILES string of the molecule is [2H]C([2H])([2H])N1Cc2cccc(OC(F)F)c2[C@H]2C[C@@H]1C([N+](=O)[O-])=C2c1cc(Cl)c(C)cn1. The number of hydrogen-bond acceptors (Lipinski definition) is 5. The fourth-order valence-electron chi connectivity index (χ4n) is 4.14. The van der Waals surface area contributed by atoms with E-state index in [0.29, 0.717) is 21.7 Å². The second-order valence-corrected chi connectivity index (χ2v) is 7.42. The highest BCUT2D eigenvalue weighted by atomic mass is 35.5. The maximum Gasteiger partial charge on any atom is 0.387 e. The van der Waals surface area contributed by atoms with Crippen molar-refractivity contribution in [2.45, 2.75) is 38.5 Å². The van der Waals surface area contributed by atoms with E-state index in [9.17, 15) is 18.9 Å². The largest absolute Gasteiger partial charge is 0.435 e. The molecule has 6 nitrogen and oxygen atoms in total. The van der Waals surface area contributed by atoms with Gasteiger partial charge in [-0.3, -0.25) is 20.0 Å². The first-order chi connectivity index (χ1) is 15.0. The fourth-order valence-corrected chi connectivity index (χ4v) is 4.29. The Labute approximate surface area is 175 Å². The van der Waals surface area contributed by atoms with Gasteiger partial charge in [-0.25, -0.2) is 0 Å². The van der Waals surface area contributed by atoms with Crippen molar-refractivity contribution in [2.75, 3.05) is 6.98 Å². The van der Waals surface area contributed by atoms with E-state index in [1.165, 1.54) is 24.4 Å². The summed E-state index contributed by atoms with van der Waals surface area (Å²) < 4.78 is 55.0. The summed E-state index contributed by atoms with van der Waals surface area (Å²) in [6, 6.07) is 4.86. The van der Waals surface area contributed by atoms with Crippen molar-refractivity contribution in [3.63, 3.8) is 0 Å². The third-order valence-corrected chi connectivity index (χ3v) is 5.75. The number of benzene rings is 1. The number of fused-ring (bicyclic) bond motifs is 4. The number of ether oxygens (including phenoxy) is 1. The van der Waals surface area contributed by atoms with E-state index in [0.717, 1.165) is 4.90 Å². The minimum absolute atomic E-state index is 0.00776. The summed E-state index contributed by atoms with van der Waals surface area (Å²) in [5.74, 6) is -0.919. The van der Waals surface area contributed by atoms with Gasteiger partial charge in [-0.15, -0.1) is 0 Å². The van der Waals surface area contributed by atoms with E-state index < -0.39 is 30.5 Å². The molecule has 0 radical (unpaired) electrons. The maximum atomic E-state index is 13.1. The fraction of sp³-hybridized carbons (Fsp3) is 0.350. The van der Waals surface area contributed by atoms with Gasteiger partial charge < -0.3 is 4.74 Å². The molecule has 0 unspecified atom stereocenters.